The summed E-state index contributed by atoms with van der Waals surface area (Å²) in [6.45, 7) is 2.16. The van der Waals surface area contributed by atoms with E-state index in [4.69, 9.17) is 4.74 Å². The maximum Gasteiger partial charge on any atom is 0.451 e. The number of alkyl halides is 3. The normalized spacial score (nSPS) is 11.7. The van der Waals surface area contributed by atoms with E-state index in [-0.39, 0.29) is 11.3 Å². The molecule has 29 heavy (non-hydrogen) atoms. The number of benzene rings is 2. The van der Waals surface area contributed by atoms with Crippen molar-refractivity contribution in [1.82, 2.24) is 19.5 Å². The first-order valence-corrected chi connectivity index (χ1v) is 9.04. The number of ether oxygens (including phenoxy) is 1. The van der Waals surface area contributed by atoms with Gasteiger partial charge in [0.2, 0.25) is 5.82 Å². The number of rotatable bonds is 5. The molecule has 4 rings (SSSR count). The summed E-state index contributed by atoms with van der Waals surface area (Å²) >= 11 is 0. The summed E-state index contributed by atoms with van der Waals surface area (Å²) in [5, 5.41) is 0. The van der Waals surface area contributed by atoms with Crippen LogP contribution in [0.1, 0.15) is 24.0 Å². The van der Waals surface area contributed by atoms with Crippen LogP contribution in [0.4, 0.5) is 13.2 Å². The van der Waals surface area contributed by atoms with E-state index < -0.39 is 12.0 Å². The second-order valence-corrected chi connectivity index (χ2v) is 6.40. The van der Waals surface area contributed by atoms with Crippen molar-refractivity contribution < 1.29 is 17.9 Å². The Morgan fingerprint density at radius 2 is 1.69 bits per heavy atom. The third-order valence-corrected chi connectivity index (χ3v) is 4.42. The highest BCUT2D eigenvalue weighted by Gasteiger charge is 2.36. The molecule has 5 nitrogen and oxygen atoms in total. The molecule has 2 aromatic heterocycles. The first kappa shape index (κ1) is 18.9. The van der Waals surface area contributed by atoms with E-state index in [1.54, 1.807) is 31.2 Å². The van der Waals surface area contributed by atoms with Crippen LogP contribution in [-0.2, 0) is 19.2 Å². The van der Waals surface area contributed by atoms with Gasteiger partial charge in [-0.25, -0.2) is 15.0 Å². The fraction of sp³-hybridized carbons (Fsp3) is 0.190. The summed E-state index contributed by atoms with van der Waals surface area (Å²) in [5.41, 5.74) is 2.44. The molecule has 0 saturated heterocycles. The molecule has 2 heterocycles. The van der Waals surface area contributed by atoms with Crippen molar-refractivity contribution in [3.05, 3.63) is 78.0 Å². The highest BCUT2D eigenvalue weighted by atomic mass is 19.4. The van der Waals surface area contributed by atoms with Gasteiger partial charge in [0.1, 0.15) is 24.2 Å². The summed E-state index contributed by atoms with van der Waals surface area (Å²) in [6, 6.07) is 16.8. The Hall–Kier alpha value is -3.42. The predicted octanol–water partition coefficient (Wildman–Crippen LogP) is 4.98. The first-order valence-electron chi connectivity index (χ1n) is 9.04. The fourth-order valence-corrected chi connectivity index (χ4v) is 2.96. The topological polar surface area (TPSA) is 52.8 Å². The van der Waals surface area contributed by atoms with Crippen LogP contribution in [0.2, 0.25) is 0 Å². The van der Waals surface area contributed by atoms with E-state index in [2.05, 4.69) is 15.0 Å². The van der Waals surface area contributed by atoms with Crippen LogP contribution in [-0.4, -0.2) is 19.5 Å². The quantitative estimate of drug-likeness (QED) is 0.476. The van der Waals surface area contributed by atoms with Crippen molar-refractivity contribution in [3.8, 4) is 11.4 Å². The Morgan fingerprint density at radius 1 is 0.966 bits per heavy atom. The third kappa shape index (κ3) is 3.91. The smallest absolute Gasteiger partial charge is 0.451 e. The molecule has 148 valence electrons. The summed E-state index contributed by atoms with van der Waals surface area (Å²) in [6.07, 6.45) is -2.84. The highest BCUT2D eigenvalue weighted by Crippen LogP contribution is 2.29. The van der Waals surface area contributed by atoms with E-state index in [9.17, 15) is 13.2 Å². The van der Waals surface area contributed by atoms with Gasteiger partial charge in [0, 0.05) is 5.69 Å². The minimum absolute atomic E-state index is 0.127. The second-order valence-electron chi connectivity index (χ2n) is 6.40. The highest BCUT2D eigenvalue weighted by molar-refractivity contribution is 5.75. The summed E-state index contributed by atoms with van der Waals surface area (Å²) in [5.74, 6) is -0.506. The van der Waals surface area contributed by atoms with E-state index in [0.717, 1.165) is 5.56 Å². The molecule has 0 aliphatic carbocycles. The molecule has 8 heteroatoms. The zero-order valence-corrected chi connectivity index (χ0v) is 15.5. The van der Waals surface area contributed by atoms with Gasteiger partial charge in [0.05, 0.1) is 5.69 Å². The summed E-state index contributed by atoms with van der Waals surface area (Å²) < 4.78 is 46.8. The van der Waals surface area contributed by atoms with Gasteiger partial charge < -0.3 is 4.74 Å². The number of hydrogen-bond acceptors (Lipinski definition) is 4. The predicted molar refractivity (Wildman–Crippen MR) is 102 cm³/mol. The van der Waals surface area contributed by atoms with Crippen molar-refractivity contribution >= 4 is 11.2 Å². The maximum atomic E-state index is 13.2. The average molecular weight is 398 g/mol. The lowest BCUT2D eigenvalue weighted by molar-refractivity contribution is -0.144. The van der Waals surface area contributed by atoms with Gasteiger partial charge in [-0.05, 0) is 36.2 Å². The molecule has 0 radical (unpaired) electrons. The van der Waals surface area contributed by atoms with E-state index in [1.807, 2.05) is 30.3 Å². The number of fused-ring (bicyclic) bond motifs is 1. The van der Waals surface area contributed by atoms with Crippen molar-refractivity contribution in [2.45, 2.75) is 26.1 Å². The number of hydrogen-bond donors (Lipinski definition) is 0. The lowest BCUT2D eigenvalue weighted by Crippen LogP contribution is -2.13. The van der Waals surface area contributed by atoms with Gasteiger partial charge in [0.15, 0.2) is 5.65 Å². The van der Waals surface area contributed by atoms with E-state index in [1.165, 1.54) is 10.9 Å². The van der Waals surface area contributed by atoms with Crippen LogP contribution < -0.4 is 4.74 Å². The standard InChI is InChI=1S/C21H17F3N4O/c1-2-17-18-19(27-20(26-17)21(22,23)24)28(13-25-18)15-8-10-16(11-9-15)29-12-14-6-4-3-5-7-14/h3-11,13H,2,12H2,1H3. The molecule has 0 spiro atoms. The number of halogens is 3. The molecule has 0 aliphatic rings. The van der Waals surface area contributed by atoms with Gasteiger partial charge in [0.25, 0.3) is 0 Å². The molecular formula is C21H17F3N4O. The fourth-order valence-electron chi connectivity index (χ4n) is 2.96. The van der Waals surface area contributed by atoms with Gasteiger partial charge in [-0.3, -0.25) is 4.57 Å². The SMILES string of the molecule is CCc1nc(C(F)(F)F)nc2c1ncn2-c1ccc(OCc2ccccc2)cc1. The first-order chi connectivity index (χ1) is 14.0. The Labute approximate surface area is 164 Å². The zero-order chi connectivity index (χ0) is 20.4. The zero-order valence-electron chi connectivity index (χ0n) is 15.5. The van der Waals surface area contributed by atoms with Crippen LogP contribution in [0.3, 0.4) is 0 Å². The van der Waals surface area contributed by atoms with Crippen LogP contribution in [0.25, 0.3) is 16.9 Å². The van der Waals surface area contributed by atoms with Crippen LogP contribution in [0.5, 0.6) is 5.75 Å². The Bertz CT molecular complexity index is 1120. The molecule has 0 saturated carbocycles. The Balaban J connectivity index is 1.64. The molecule has 0 fully saturated rings. The van der Waals surface area contributed by atoms with Crippen molar-refractivity contribution in [1.29, 1.82) is 0 Å². The molecule has 0 aliphatic heterocycles. The maximum absolute atomic E-state index is 13.2. The van der Waals surface area contributed by atoms with Crippen molar-refractivity contribution in [2.75, 3.05) is 0 Å². The van der Waals surface area contributed by atoms with Crippen LogP contribution >= 0.6 is 0 Å². The molecule has 0 unspecified atom stereocenters. The molecule has 4 aromatic rings. The largest absolute Gasteiger partial charge is 0.489 e. The average Bonchev–Trinajstić information content (AvgIpc) is 3.16. The van der Waals surface area contributed by atoms with E-state index in [0.29, 0.717) is 30.0 Å². The molecule has 0 N–H and O–H groups in total. The van der Waals surface area contributed by atoms with Crippen molar-refractivity contribution in [3.63, 3.8) is 0 Å². The van der Waals surface area contributed by atoms with Gasteiger partial charge in [-0.2, -0.15) is 13.2 Å². The lowest BCUT2D eigenvalue weighted by atomic mass is 10.2. The number of aryl methyl sites for hydroxylation is 1. The Morgan fingerprint density at radius 3 is 2.34 bits per heavy atom. The molecule has 0 atom stereocenters. The molecule has 2 aromatic carbocycles. The van der Waals surface area contributed by atoms with Crippen LogP contribution in [0, 0.1) is 0 Å². The lowest BCUT2D eigenvalue weighted by Gasteiger charge is -2.10. The minimum atomic E-state index is -4.62. The second kappa shape index (κ2) is 7.54. The van der Waals surface area contributed by atoms with E-state index >= 15 is 0 Å². The van der Waals surface area contributed by atoms with Gasteiger partial charge in [-0.1, -0.05) is 37.3 Å². The third-order valence-electron chi connectivity index (χ3n) is 4.42. The van der Waals surface area contributed by atoms with Gasteiger partial charge in [-0.15, -0.1) is 0 Å². The van der Waals surface area contributed by atoms with Crippen molar-refractivity contribution in [2.24, 2.45) is 0 Å². The minimum Gasteiger partial charge on any atom is -0.489 e. The number of aromatic nitrogens is 4. The van der Waals surface area contributed by atoms with Gasteiger partial charge >= 0.3 is 6.18 Å². The van der Waals surface area contributed by atoms with Crippen LogP contribution in [0.15, 0.2) is 60.9 Å². The molecule has 0 bridgehead atoms. The summed E-state index contributed by atoms with van der Waals surface area (Å²) in [7, 11) is 0. The number of imidazole rings is 1. The monoisotopic (exact) mass is 398 g/mol. The Kier molecular flexibility index (Phi) is 4.92. The summed E-state index contributed by atoms with van der Waals surface area (Å²) in [4.78, 5) is 11.6. The molecular weight excluding hydrogens is 381 g/mol. The number of nitrogens with zero attached hydrogens (tertiary/aromatic N) is 4. The molecule has 0 amide bonds.